The van der Waals surface area contributed by atoms with Crippen LogP contribution in [-0.2, 0) is 0 Å². The van der Waals surface area contributed by atoms with Crippen molar-refractivity contribution >= 4 is 49.0 Å². The van der Waals surface area contributed by atoms with E-state index in [1.807, 2.05) is 0 Å². The minimum absolute atomic E-state index is 0.176. The summed E-state index contributed by atoms with van der Waals surface area (Å²) in [6, 6.07) is 4.27. The van der Waals surface area contributed by atoms with E-state index in [-0.39, 0.29) is 11.1 Å². The third-order valence-electron chi connectivity index (χ3n) is 2.42. The molecule has 0 fully saturated rings. The molecule has 2 aromatic rings. The highest BCUT2D eigenvalue weighted by Crippen LogP contribution is 2.33. The standard InChI is InChI=1S/C12H6Br2F2OS/c1-5-2-3-6(10(16)9(5)15)11(17)7-4-8(13)18-12(7)14/h2-4H,1H3. The minimum Gasteiger partial charge on any atom is -0.288 e. The van der Waals surface area contributed by atoms with Crippen molar-refractivity contribution in [1.82, 2.24) is 0 Å². The number of ketones is 1. The van der Waals surface area contributed by atoms with Gasteiger partial charge >= 0.3 is 0 Å². The number of hydrogen-bond acceptors (Lipinski definition) is 2. The van der Waals surface area contributed by atoms with Gasteiger partial charge in [0.25, 0.3) is 0 Å². The third-order valence-corrected chi connectivity index (χ3v) is 4.76. The van der Waals surface area contributed by atoms with Crippen molar-refractivity contribution in [2.75, 3.05) is 0 Å². The second-order valence-corrected chi connectivity index (χ2v) is 7.37. The first-order valence-corrected chi connectivity index (χ1v) is 7.26. The Morgan fingerprint density at radius 1 is 1.17 bits per heavy atom. The van der Waals surface area contributed by atoms with Crippen LogP contribution in [-0.4, -0.2) is 5.78 Å². The summed E-state index contributed by atoms with van der Waals surface area (Å²) >= 11 is 7.76. The fourth-order valence-electron chi connectivity index (χ4n) is 1.46. The summed E-state index contributed by atoms with van der Waals surface area (Å²) < 4.78 is 28.5. The summed E-state index contributed by atoms with van der Waals surface area (Å²) in [6.45, 7) is 1.45. The topological polar surface area (TPSA) is 17.1 Å². The zero-order valence-corrected chi connectivity index (χ0v) is 13.0. The van der Waals surface area contributed by atoms with Crippen LogP contribution in [0.15, 0.2) is 25.8 Å². The van der Waals surface area contributed by atoms with Gasteiger partial charge in [0, 0.05) is 5.56 Å². The largest absolute Gasteiger partial charge is 0.288 e. The second kappa shape index (κ2) is 5.19. The van der Waals surface area contributed by atoms with Gasteiger partial charge in [0.1, 0.15) is 0 Å². The van der Waals surface area contributed by atoms with E-state index in [1.54, 1.807) is 6.07 Å². The van der Waals surface area contributed by atoms with Gasteiger partial charge in [-0.3, -0.25) is 4.79 Å². The molecular weight excluding hydrogens is 390 g/mol. The number of hydrogen-bond donors (Lipinski definition) is 0. The van der Waals surface area contributed by atoms with Gasteiger partial charge in [-0.25, -0.2) is 8.78 Å². The SMILES string of the molecule is Cc1ccc(C(=O)c2cc(Br)sc2Br)c(F)c1F. The zero-order chi connectivity index (χ0) is 13.4. The monoisotopic (exact) mass is 394 g/mol. The lowest BCUT2D eigenvalue weighted by atomic mass is 10.0. The molecule has 0 N–H and O–H groups in total. The number of halogens is 4. The van der Waals surface area contributed by atoms with Gasteiger partial charge in [0.15, 0.2) is 17.4 Å². The van der Waals surface area contributed by atoms with Crippen LogP contribution >= 0.6 is 43.2 Å². The van der Waals surface area contributed by atoms with Crippen molar-refractivity contribution in [2.24, 2.45) is 0 Å². The fraction of sp³-hybridized carbons (Fsp3) is 0.0833. The van der Waals surface area contributed by atoms with E-state index in [0.29, 0.717) is 9.35 Å². The molecule has 1 nitrogen and oxygen atoms in total. The zero-order valence-electron chi connectivity index (χ0n) is 9.06. The van der Waals surface area contributed by atoms with E-state index >= 15 is 0 Å². The molecule has 0 radical (unpaired) electrons. The van der Waals surface area contributed by atoms with Crippen molar-refractivity contribution in [3.05, 3.63) is 54.1 Å². The molecule has 0 unspecified atom stereocenters. The molecule has 0 spiro atoms. The fourth-order valence-corrected chi connectivity index (χ4v) is 4.25. The maximum atomic E-state index is 13.7. The Balaban J connectivity index is 2.53. The first-order chi connectivity index (χ1) is 8.41. The molecule has 1 aromatic heterocycles. The minimum atomic E-state index is -1.10. The molecule has 18 heavy (non-hydrogen) atoms. The first-order valence-electron chi connectivity index (χ1n) is 4.86. The number of carbonyl (C=O) groups is 1. The summed E-state index contributed by atoms with van der Waals surface area (Å²) in [5.41, 5.74) is 0.229. The summed E-state index contributed by atoms with van der Waals surface area (Å²) in [5, 5.41) is 0. The number of rotatable bonds is 2. The number of aryl methyl sites for hydroxylation is 1. The highest BCUT2D eigenvalue weighted by atomic mass is 79.9. The lowest BCUT2D eigenvalue weighted by molar-refractivity contribution is 0.103. The van der Waals surface area contributed by atoms with Crippen LogP contribution in [0.4, 0.5) is 8.78 Å². The van der Waals surface area contributed by atoms with Crippen molar-refractivity contribution in [1.29, 1.82) is 0 Å². The van der Waals surface area contributed by atoms with Gasteiger partial charge in [-0.15, -0.1) is 11.3 Å². The first kappa shape index (κ1) is 13.8. The van der Waals surface area contributed by atoms with Crippen molar-refractivity contribution in [3.63, 3.8) is 0 Å². The Morgan fingerprint density at radius 2 is 1.83 bits per heavy atom. The molecule has 0 aliphatic heterocycles. The lowest BCUT2D eigenvalue weighted by Gasteiger charge is -2.04. The van der Waals surface area contributed by atoms with Gasteiger partial charge in [-0.2, -0.15) is 0 Å². The lowest BCUT2D eigenvalue weighted by Crippen LogP contribution is -2.06. The van der Waals surface area contributed by atoms with Gasteiger partial charge in [-0.1, -0.05) is 6.07 Å². The van der Waals surface area contributed by atoms with E-state index < -0.39 is 17.4 Å². The predicted molar refractivity (Wildman–Crippen MR) is 74.2 cm³/mol. The van der Waals surface area contributed by atoms with E-state index in [9.17, 15) is 13.6 Å². The average molecular weight is 396 g/mol. The molecule has 1 heterocycles. The van der Waals surface area contributed by atoms with Crippen molar-refractivity contribution in [3.8, 4) is 0 Å². The van der Waals surface area contributed by atoms with Crippen LogP contribution in [0.25, 0.3) is 0 Å². The number of benzene rings is 1. The molecule has 0 aliphatic carbocycles. The molecule has 94 valence electrons. The molecule has 0 saturated heterocycles. The maximum absolute atomic E-state index is 13.7. The van der Waals surface area contributed by atoms with Crippen LogP contribution in [0.1, 0.15) is 21.5 Å². The Morgan fingerprint density at radius 3 is 2.39 bits per heavy atom. The molecule has 0 aliphatic rings. The summed E-state index contributed by atoms with van der Waals surface area (Å²) in [6.07, 6.45) is 0. The van der Waals surface area contributed by atoms with Gasteiger partial charge < -0.3 is 0 Å². The highest BCUT2D eigenvalue weighted by molar-refractivity contribution is 9.12. The highest BCUT2D eigenvalue weighted by Gasteiger charge is 2.21. The molecule has 1 aromatic carbocycles. The van der Waals surface area contributed by atoms with Crippen LogP contribution in [0, 0.1) is 18.6 Å². The quantitative estimate of drug-likeness (QED) is 0.647. The number of thiophene rings is 1. The van der Waals surface area contributed by atoms with E-state index in [4.69, 9.17) is 0 Å². The van der Waals surface area contributed by atoms with Crippen LogP contribution < -0.4 is 0 Å². The molecule has 2 rings (SSSR count). The van der Waals surface area contributed by atoms with Gasteiger partial charge in [0.2, 0.25) is 0 Å². The number of carbonyl (C=O) groups excluding carboxylic acids is 1. The molecule has 0 bridgehead atoms. The van der Waals surface area contributed by atoms with E-state index in [0.717, 1.165) is 3.79 Å². The molecule has 6 heteroatoms. The van der Waals surface area contributed by atoms with Gasteiger partial charge in [0.05, 0.1) is 13.1 Å². The van der Waals surface area contributed by atoms with E-state index in [1.165, 1.54) is 30.4 Å². The van der Waals surface area contributed by atoms with Crippen LogP contribution in [0.2, 0.25) is 0 Å². The van der Waals surface area contributed by atoms with Gasteiger partial charge in [-0.05, 0) is 56.5 Å². The molecule has 0 atom stereocenters. The Hall–Kier alpha value is -0.590. The normalized spacial score (nSPS) is 10.7. The second-order valence-electron chi connectivity index (χ2n) is 3.63. The molecule has 0 amide bonds. The Kier molecular flexibility index (Phi) is 3.99. The third kappa shape index (κ3) is 2.41. The molecular formula is C12H6Br2F2OS. The van der Waals surface area contributed by atoms with Crippen molar-refractivity contribution in [2.45, 2.75) is 6.92 Å². The average Bonchev–Trinajstić information content (AvgIpc) is 2.65. The maximum Gasteiger partial charge on any atom is 0.198 e. The summed E-state index contributed by atoms with van der Waals surface area (Å²) in [4.78, 5) is 12.1. The Labute approximate surface area is 123 Å². The predicted octanol–water partition coefficient (Wildman–Crippen LogP) is 5.09. The Bertz CT molecular complexity index is 637. The van der Waals surface area contributed by atoms with E-state index in [2.05, 4.69) is 31.9 Å². The van der Waals surface area contributed by atoms with Crippen molar-refractivity contribution < 1.29 is 13.6 Å². The molecule has 0 saturated carbocycles. The van der Waals surface area contributed by atoms with Crippen LogP contribution in [0.3, 0.4) is 0 Å². The van der Waals surface area contributed by atoms with Crippen LogP contribution in [0.5, 0.6) is 0 Å². The summed E-state index contributed by atoms with van der Waals surface area (Å²) in [7, 11) is 0. The smallest absolute Gasteiger partial charge is 0.198 e. The summed E-state index contributed by atoms with van der Waals surface area (Å²) in [5.74, 6) is -2.62.